The monoisotopic (exact) mass is 477 g/mol. The van der Waals surface area contributed by atoms with E-state index >= 15 is 0 Å². The fourth-order valence-corrected chi connectivity index (χ4v) is 4.34. The van der Waals surface area contributed by atoms with Gasteiger partial charge in [0.1, 0.15) is 22.3 Å². The predicted molar refractivity (Wildman–Crippen MR) is 130 cm³/mol. The van der Waals surface area contributed by atoms with Crippen LogP contribution < -0.4 is 5.32 Å². The first-order chi connectivity index (χ1) is 16.4. The van der Waals surface area contributed by atoms with E-state index in [2.05, 4.69) is 46.4 Å². The molecule has 0 saturated carbocycles. The molecule has 0 atom stereocenters. The van der Waals surface area contributed by atoms with Gasteiger partial charge in [-0.15, -0.1) is 11.3 Å². The second-order valence-corrected chi connectivity index (χ2v) is 9.14. The Hall–Kier alpha value is -3.42. The maximum absolute atomic E-state index is 13.3. The molecule has 0 fully saturated rings. The first kappa shape index (κ1) is 23.7. The van der Waals surface area contributed by atoms with Crippen molar-refractivity contribution in [3.63, 3.8) is 0 Å². The van der Waals surface area contributed by atoms with Crippen molar-refractivity contribution in [2.24, 2.45) is 0 Å². The molecule has 1 heterocycles. The van der Waals surface area contributed by atoms with Crippen LogP contribution in [0.1, 0.15) is 37.7 Å². The molecule has 34 heavy (non-hydrogen) atoms. The van der Waals surface area contributed by atoms with Crippen LogP contribution in [0.4, 0.5) is 8.78 Å². The van der Waals surface area contributed by atoms with Crippen LogP contribution in [0.25, 0.3) is 0 Å². The Morgan fingerprint density at radius 3 is 1.94 bits per heavy atom. The van der Waals surface area contributed by atoms with Gasteiger partial charge in [0.05, 0.1) is 6.54 Å². The van der Waals surface area contributed by atoms with Gasteiger partial charge in [-0.1, -0.05) is 54.1 Å². The van der Waals surface area contributed by atoms with Crippen LogP contribution in [-0.2, 0) is 26.2 Å². The highest BCUT2D eigenvalue weighted by molar-refractivity contribution is 7.09. The second-order valence-electron chi connectivity index (χ2n) is 8.19. The Kier molecular flexibility index (Phi) is 7.77. The Bertz CT molecular complexity index is 1170. The zero-order chi connectivity index (χ0) is 23.9. The fourth-order valence-electron chi connectivity index (χ4n) is 3.52. The molecular weight excluding hydrogens is 452 g/mol. The molecule has 0 saturated heterocycles. The van der Waals surface area contributed by atoms with Crippen molar-refractivity contribution in [3.05, 3.63) is 123 Å². The largest absolute Gasteiger partial charge is 0.347 e. The molecule has 0 bridgehead atoms. The minimum absolute atomic E-state index is 0.259. The lowest BCUT2D eigenvalue weighted by Gasteiger charge is -2.21. The minimum atomic E-state index is -0.310. The minimum Gasteiger partial charge on any atom is -0.347 e. The fraction of sp³-hybridized carbons (Fsp3) is 0.185. The van der Waals surface area contributed by atoms with Crippen LogP contribution >= 0.6 is 11.3 Å². The number of nitrogens with zero attached hydrogens (tertiary/aromatic N) is 2. The molecule has 1 aromatic heterocycles. The number of nitrogens with one attached hydrogen (secondary N) is 1. The van der Waals surface area contributed by atoms with Gasteiger partial charge in [0, 0.05) is 25.0 Å². The molecule has 1 amide bonds. The van der Waals surface area contributed by atoms with Crippen molar-refractivity contribution in [3.8, 4) is 0 Å². The summed E-state index contributed by atoms with van der Waals surface area (Å²) in [5, 5.41) is 5.39. The van der Waals surface area contributed by atoms with E-state index in [9.17, 15) is 13.6 Å². The van der Waals surface area contributed by atoms with E-state index < -0.39 is 0 Å². The molecule has 174 valence electrons. The van der Waals surface area contributed by atoms with Crippen molar-refractivity contribution in [2.75, 3.05) is 0 Å². The van der Waals surface area contributed by atoms with Crippen LogP contribution in [0.3, 0.4) is 0 Å². The number of carbonyl (C=O) groups is 1. The van der Waals surface area contributed by atoms with Crippen LogP contribution in [0, 0.1) is 18.6 Å². The molecule has 4 rings (SSSR count). The first-order valence-electron chi connectivity index (χ1n) is 10.9. The number of halogens is 2. The summed E-state index contributed by atoms with van der Waals surface area (Å²) < 4.78 is 26.4. The zero-order valence-corrected chi connectivity index (χ0v) is 19.6. The number of thiazole rings is 1. The Morgan fingerprint density at radius 2 is 1.35 bits per heavy atom. The van der Waals surface area contributed by atoms with Crippen molar-refractivity contribution in [1.82, 2.24) is 15.2 Å². The first-order valence-corrected chi connectivity index (χ1v) is 11.8. The molecule has 3 aromatic carbocycles. The predicted octanol–water partition coefficient (Wildman–Crippen LogP) is 5.86. The molecule has 0 unspecified atom stereocenters. The van der Waals surface area contributed by atoms with E-state index in [1.807, 2.05) is 0 Å². The van der Waals surface area contributed by atoms with Crippen molar-refractivity contribution in [1.29, 1.82) is 0 Å². The second kappa shape index (κ2) is 11.1. The summed E-state index contributed by atoms with van der Waals surface area (Å²) in [5.41, 5.74) is 4.54. The summed E-state index contributed by atoms with van der Waals surface area (Å²) in [6.45, 7) is 4.23. The third kappa shape index (κ3) is 6.79. The van der Waals surface area contributed by atoms with Gasteiger partial charge in [-0.05, 0) is 47.9 Å². The molecule has 7 heteroatoms. The average Bonchev–Trinajstić information content (AvgIpc) is 3.30. The normalized spacial score (nSPS) is 11.1. The number of amides is 1. The van der Waals surface area contributed by atoms with Crippen molar-refractivity contribution >= 4 is 17.2 Å². The van der Waals surface area contributed by atoms with Gasteiger partial charge in [0.15, 0.2) is 0 Å². The van der Waals surface area contributed by atoms with Gasteiger partial charge in [-0.2, -0.15) is 0 Å². The molecule has 0 aliphatic rings. The topological polar surface area (TPSA) is 45.2 Å². The number of hydrogen-bond donors (Lipinski definition) is 1. The van der Waals surface area contributed by atoms with Gasteiger partial charge in [0.2, 0.25) is 0 Å². The summed E-state index contributed by atoms with van der Waals surface area (Å²) in [7, 11) is 0. The van der Waals surface area contributed by atoms with E-state index in [4.69, 9.17) is 0 Å². The Morgan fingerprint density at radius 1 is 0.824 bits per heavy atom. The van der Waals surface area contributed by atoms with Crippen LogP contribution in [0.2, 0.25) is 0 Å². The molecule has 0 radical (unpaired) electrons. The van der Waals surface area contributed by atoms with Gasteiger partial charge < -0.3 is 5.32 Å². The third-order valence-electron chi connectivity index (χ3n) is 5.36. The maximum Gasteiger partial charge on any atom is 0.271 e. The summed E-state index contributed by atoms with van der Waals surface area (Å²) in [4.78, 5) is 19.3. The maximum atomic E-state index is 13.3. The molecular formula is C27H25F2N3OS. The molecule has 1 N–H and O–H groups in total. The van der Waals surface area contributed by atoms with E-state index in [-0.39, 0.29) is 17.5 Å². The molecule has 0 spiro atoms. The molecule has 4 aromatic rings. The molecule has 0 aliphatic carbocycles. The summed E-state index contributed by atoms with van der Waals surface area (Å²) >= 11 is 1.43. The van der Waals surface area contributed by atoms with Gasteiger partial charge in [0.25, 0.3) is 5.91 Å². The Balaban J connectivity index is 1.42. The lowest BCUT2D eigenvalue weighted by atomic mass is 10.1. The van der Waals surface area contributed by atoms with Crippen molar-refractivity contribution < 1.29 is 13.6 Å². The van der Waals surface area contributed by atoms with E-state index in [1.165, 1.54) is 46.7 Å². The smallest absolute Gasteiger partial charge is 0.271 e. The number of benzene rings is 3. The van der Waals surface area contributed by atoms with Crippen molar-refractivity contribution in [2.45, 2.75) is 33.1 Å². The van der Waals surface area contributed by atoms with Gasteiger partial charge >= 0.3 is 0 Å². The molecule has 0 aliphatic heterocycles. The highest BCUT2D eigenvalue weighted by atomic mass is 32.1. The number of rotatable bonds is 9. The highest BCUT2D eigenvalue weighted by Gasteiger charge is 2.15. The summed E-state index contributed by atoms with van der Waals surface area (Å²) in [5.74, 6) is -0.837. The van der Waals surface area contributed by atoms with E-state index in [0.29, 0.717) is 31.9 Å². The lowest BCUT2D eigenvalue weighted by molar-refractivity contribution is 0.0946. The van der Waals surface area contributed by atoms with E-state index in [0.717, 1.165) is 16.1 Å². The third-order valence-corrected chi connectivity index (χ3v) is 6.19. The van der Waals surface area contributed by atoms with Crippen LogP contribution in [0.15, 0.2) is 78.2 Å². The number of aromatic nitrogens is 1. The SMILES string of the molecule is Cc1ccc(CN(Cc2ccc(F)cc2)Cc2nc(C(=O)NCc3ccc(F)cc3)cs2)cc1. The number of hydrogen-bond acceptors (Lipinski definition) is 4. The summed E-state index contributed by atoms with van der Waals surface area (Å²) in [6, 6.07) is 20.9. The zero-order valence-electron chi connectivity index (χ0n) is 18.8. The average molecular weight is 478 g/mol. The number of carbonyl (C=O) groups excluding carboxylic acids is 1. The van der Waals surface area contributed by atoms with Gasteiger partial charge in [-0.25, -0.2) is 13.8 Å². The lowest BCUT2D eigenvalue weighted by Crippen LogP contribution is -2.24. The highest BCUT2D eigenvalue weighted by Crippen LogP contribution is 2.18. The van der Waals surface area contributed by atoms with Crippen LogP contribution in [0.5, 0.6) is 0 Å². The Labute approximate surface area is 201 Å². The standard InChI is InChI=1S/C27H25F2N3OS/c1-19-2-4-21(5-3-19)15-32(16-22-8-12-24(29)13-9-22)17-26-31-25(18-34-26)27(33)30-14-20-6-10-23(28)11-7-20/h2-13,18H,14-17H2,1H3,(H,30,33). The summed E-state index contributed by atoms with van der Waals surface area (Å²) in [6.07, 6.45) is 0. The number of aryl methyl sites for hydroxylation is 1. The molecule has 4 nitrogen and oxygen atoms in total. The van der Waals surface area contributed by atoms with E-state index in [1.54, 1.807) is 29.6 Å². The van der Waals surface area contributed by atoms with Gasteiger partial charge in [-0.3, -0.25) is 9.69 Å². The quantitative estimate of drug-likeness (QED) is 0.328. The van der Waals surface area contributed by atoms with Crippen LogP contribution in [-0.4, -0.2) is 15.8 Å².